The van der Waals surface area contributed by atoms with Crippen LogP contribution in [0.4, 0.5) is 11.4 Å². The van der Waals surface area contributed by atoms with Crippen molar-refractivity contribution in [3.8, 4) is 5.75 Å². The summed E-state index contributed by atoms with van der Waals surface area (Å²) in [6.07, 6.45) is 3.38. The summed E-state index contributed by atoms with van der Waals surface area (Å²) in [5.74, 6) is -0.735. The van der Waals surface area contributed by atoms with Gasteiger partial charge in [-0.1, -0.05) is 61.5 Å². The second kappa shape index (κ2) is 16.8. The third kappa shape index (κ3) is 7.97. The number of piperazine rings is 1. The standard InChI is InChI=1S/C45H47BN5O6/c1-2-37(31-6-4-3-5-7-31)42(33-10-15-36(16-11-33)57-46-56)32-8-12-34(13-9-32)49-22-20-30(21-23-49)29-48-24-26-50(27-25-48)35-14-17-38-39(28-35)45(55)51(44(38)54)40-18-19-41(52)47-43(40)53/h3-17,28,30,40,56H,2,18-27,29H2,1H3,(H,47,52,53)/b42-37+. The maximum Gasteiger partial charge on any atom is 0.569 e. The molecule has 1 atom stereocenters. The molecule has 3 fully saturated rings. The number of amides is 4. The molecule has 0 aliphatic carbocycles. The highest BCUT2D eigenvalue weighted by Crippen LogP contribution is 2.37. The van der Waals surface area contributed by atoms with Crippen LogP contribution in [0.2, 0.25) is 0 Å². The number of nitrogens with zero attached hydrogens (tertiary/aromatic N) is 4. The fraction of sp³-hybridized carbons (Fsp3) is 0.333. The predicted octanol–water partition coefficient (Wildman–Crippen LogP) is 5.40. The quantitative estimate of drug-likeness (QED) is 0.118. The van der Waals surface area contributed by atoms with Gasteiger partial charge in [0.15, 0.2) is 0 Å². The topological polar surface area (TPSA) is 123 Å². The number of carbonyl (C=O) groups excluding carboxylic acids is 4. The van der Waals surface area contributed by atoms with E-state index in [9.17, 15) is 19.2 Å². The molecular weight excluding hydrogens is 717 g/mol. The van der Waals surface area contributed by atoms with Crippen molar-refractivity contribution in [2.24, 2.45) is 5.92 Å². The number of piperidine rings is 2. The molecule has 3 saturated heterocycles. The Hall–Kier alpha value is -5.72. The van der Waals surface area contributed by atoms with E-state index in [-0.39, 0.29) is 18.7 Å². The third-order valence-corrected chi connectivity index (χ3v) is 11.9. The molecule has 4 aliphatic rings. The summed E-state index contributed by atoms with van der Waals surface area (Å²) in [7, 11) is 0.702. The molecular formula is C45H47BN5O6. The van der Waals surface area contributed by atoms with E-state index < -0.39 is 23.8 Å². The van der Waals surface area contributed by atoms with Crippen molar-refractivity contribution < 1.29 is 28.9 Å². The first-order chi connectivity index (χ1) is 27.8. The van der Waals surface area contributed by atoms with E-state index in [2.05, 4.69) is 75.5 Å². The largest absolute Gasteiger partial charge is 0.569 e. The summed E-state index contributed by atoms with van der Waals surface area (Å²) >= 11 is 0. The summed E-state index contributed by atoms with van der Waals surface area (Å²) in [6.45, 7) is 8.76. The van der Waals surface area contributed by atoms with Crippen LogP contribution >= 0.6 is 0 Å². The number of nitrogens with one attached hydrogen (secondary N) is 1. The number of fused-ring (bicyclic) bond motifs is 1. The highest BCUT2D eigenvalue weighted by molar-refractivity contribution is 6.23. The van der Waals surface area contributed by atoms with Crippen LogP contribution in [-0.2, 0) is 9.59 Å². The fourth-order valence-corrected chi connectivity index (χ4v) is 8.86. The molecule has 4 heterocycles. The molecule has 1 radical (unpaired) electrons. The number of hydrogen-bond donors (Lipinski definition) is 2. The zero-order valence-corrected chi connectivity index (χ0v) is 32.2. The summed E-state index contributed by atoms with van der Waals surface area (Å²) in [5.41, 5.74) is 8.66. The van der Waals surface area contributed by atoms with Gasteiger partial charge in [0.05, 0.1) is 11.1 Å². The first-order valence-corrected chi connectivity index (χ1v) is 20.0. The number of hydrogen-bond acceptors (Lipinski definition) is 9. The molecule has 0 aromatic heterocycles. The molecule has 291 valence electrons. The van der Waals surface area contributed by atoms with E-state index in [4.69, 9.17) is 9.68 Å². The molecule has 0 saturated carbocycles. The van der Waals surface area contributed by atoms with Crippen LogP contribution in [0.25, 0.3) is 11.1 Å². The van der Waals surface area contributed by atoms with E-state index in [0.29, 0.717) is 30.5 Å². The maximum absolute atomic E-state index is 13.4. The summed E-state index contributed by atoms with van der Waals surface area (Å²) in [6, 6.07) is 31.8. The highest BCUT2D eigenvalue weighted by atomic mass is 16.5. The van der Waals surface area contributed by atoms with Crippen molar-refractivity contribution in [1.82, 2.24) is 15.1 Å². The molecule has 4 aromatic carbocycles. The second-order valence-electron chi connectivity index (χ2n) is 15.3. The van der Waals surface area contributed by atoms with Crippen molar-refractivity contribution in [2.75, 3.05) is 55.6 Å². The van der Waals surface area contributed by atoms with Crippen molar-refractivity contribution in [2.45, 2.75) is 45.1 Å². The summed E-state index contributed by atoms with van der Waals surface area (Å²) < 4.78 is 5.18. The van der Waals surface area contributed by atoms with Crippen LogP contribution in [0.5, 0.6) is 5.75 Å². The molecule has 11 nitrogen and oxygen atoms in total. The average Bonchev–Trinajstić information content (AvgIpc) is 3.49. The lowest BCUT2D eigenvalue weighted by molar-refractivity contribution is -0.136. The van der Waals surface area contributed by atoms with E-state index in [1.54, 1.807) is 12.1 Å². The summed E-state index contributed by atoms with van der Waals surface area (Å²) in [5, 5.41) is 11.4. The first-order valence-electron chi connectivity index (χ1n) is 20.0. The fourth-order valence-electron chi connectivity index (χ4n) is 8.86. The van der Waals surface area contributed by atoms with E-state index in [0.717, 1.165) is 86.8 Å². The number of allylic oxidation sites excluding steroid dienone is 1. The Morgan fingerprint density at radius 1 is 0.719 bits per heavy atom. The molecule has 57 heavy (non-hydrogen) atoms. The highest BCUT2D eigenvalue weighted by Gasteiger charge is 2.45. The Kier molecular flexibility index (Phi) is 11.2. The molecule has 4 aromatic rings. The molecule has 1 unspecified atom stereocenters. The van der Waals surface area contributed by atoms with Gasteiger partial charge in [0.2, 0.25) is 11.8 Å². The summed E-state index contributed by atoms with van der Waals surface area (Å²) in [4.78, 5) is 58.9. The zero-order chi connectivity index (χ0) is 39.5. The monoisotopic (exact) mass is 764 g/mol. The van der Waals surface area contributed by atoms with Crippen molar-refractivity contribution in [1.29, 1.82) is 0 Å². The minimum atomic E-state index is -0.965. The first kappa shape index (κ1) is 38.2. The minimum absolute atomic E-state index is 0.0992. The second-order valence-corrected chi connectivity index (χ2v) is 15.3. The van der Waals surface area contributed by atoms with E-state index in [1.807, 2.05) is 36.4 Å². The molecule has 4 amide bonds. The number of benzene rings is 4. The Bertz CT molecular complexity index is 2160. The van der Waals surface area contributed by atoms with Crippen LogP contribution in [0.15, 0.2) is 97.1 Å². The van der Waals surface area contributed by atoms with Crippen LogP contribution in [0.3, 0.4) is 0 Å². The van der Waals surface area contributed by atoms with Crippen LogP contribution in [-0.4, -0.2) is 98.0 Å². The number of anilines is 2. The lowest BCUT2D eigenvalue weighted by Gasteiger charge is -2.40. The Morgan fingerprint density at radius 2 is 1.35 bits per heavy atom. The molecule has 0 bridgehead atoms. The van der Waals surface area contributed by atoms with Gasteiger partial charge in [0, 0.05) is 63.6 Å². The van der Waals surface area contributed by atoms with E-state index >= 15 is 0 Å². The Morgan fingerprint density at radius 3 is 2.00 bits per heavy atom. The SMILES string of the molecule is CC/C(=C(\c1ccc(O[B]O)cc1)c1ccc(N2CCC(CN3CCN(c4ccc5c(c4)C(=O)N(C4CCC(=O)NC4=O)C5=O)CC3)CC2)cc1)c1ccccc1. The van der Waals surface area contributed by atoms with Crippen molar-refractivity contribution in [3.05, 3.63) is 125 Å². The normalized spacial score (nSPS) is 19.7. The minimum Gasteiger partial charge on any atom is -0.537 e. The lowest BCUT2D eigenvalue weighted by atomic mass is 9.88. The van der Waals surface area contributed by atoms with Gasteiger partial charge in [-0.25, -0.2) is 0 Å². The zero-order valence-electron chi connectivity index (χ0n) is 32.2. The smallest absolute Gasteiger partial charge is 0.537 e. The third-order valence-electron chi connectivity index (χ3n) is 11.9. The van der Waals surface area contributed by atoms with Gasteiger partial charge in [-0.3, -0.25) is 34.3 Å². The molecule has 4 aliphatic heterocycles. The number of imide groups is 2. The van der Waals surface area contributed by atoms with Crippen LogP contribution in [0.1, 0.15) is 76.4 Å². The Labute approximate surface area is 334 Å². The van der Waals surface area contributed by atoms with Gasteiger partial charge in [0.25, 0.3) is 11.8 Å². The van der Waals surface area contributed by atoms with Crippen LogP contribution < -0.4 is 19.8 Å². The van der Waals surface area contributed by atoms with Gasteiger partial charge in [-0.05, 0) is 102 Å². The molecule has 12 heteroatoms. The van der Waals surface area contributed by atoms with E-state index in [1.165, 1.54) is 22.4 Å². The van der Waals surface area contributed by atoms with Gasteiger partial charge in [-0.2, -0.15) is 0 Å². The Balaban J connectivity index is 0.863. The van der Waals surface area contributed by atoms with Gasteiger partial charge in [0.1, 0.15) is 11.8 Å². The number of carbonyl (C=O) groups is 4. The molecule has 2 N–H and O–H groups in total. The predicted molar refractivity (Wildman–Crippen MR) is 221 cm³/mol. The average molecular weight is 765 g/mol. The van der Waals surface area contributed by atoms with Crippen LogP contribution in [0, 0.1) is 5.92 Å². The molecule has 0 spiro atoms. The van der Waals surface area contributed by atoms with Gasteiger partial charge in [-0.15, -0.1) is 0 Å². The van der Waals surface area contributed by atoms with Gasteiger partial charge >= 0.3 is 7.69 Å². The number of rotatable bonds is 11. The lowest BCUT2D eigenvalue weighted by Crippen LogP contribution is -2.54. The van der Waals surface area contributed by atoms with Gasteiger partial charge < -0.3 is 19.5 Å². The maximum atomic E-state index is 13.4. The van der Waals surface area contributed by atoms with Crippen molar-refractivity contribution >= 4 is 53.8 Å². The molecule has 8 rings (SSSR count). The van der Waals surface area contributed by atoms with Crippen molar-refractivity contribution in [3.63, 3.8) is 0 Å².